The van der Waals surface area contributed by atoms with Crippen LogP contribution in [0.25, 0.3) is 17.0 Å². The summed E-state index contributed by atoms with van der Waals surface area (Å²) in [4.78, 5) is 21.0. The van der Waals surface area contributed by atoms with Gasteiger partial charge in [0.1, 0.15) is 5.75 Å². The molecular formula is C21H19ClN4O2S. The predicted molar refractivity (Wildman–Crippen MR) is 116 cm³/mol. The molecule has 0 aliphatic heterocycles. The van der Waals surface area contributed by atoms with Gasteiger partial charge in [0.15, 0.2) is 16.6 Å². The quantitative estimate of drug-likeness (QED) is 0.348. The van der Waals surface area contributed by atoms with Crippen molar-refractivity contribution in [1.29, 1.82) is 0 Å². The Bertz CT molecular complexity index is 1190. The second-order valence-electron chi connectivity index (χ2n) is 6.31. The number of halogens is 1. The Labute approximate surface area is 176 Å². The van der Waals surface area contributed by atoms with Gasteiger partial charge in [-0.3, -0.25) is 9.89 Å². The van der Waals surface area contributed by atoms with Crippen LogP contribution in [0.1, 0.15) is 12.5 Å². The maximum atomic E-state index is 11.8. The van der Waals surface area contributed by atoms with E-state index < -0.39 is 0 Å². The van der Waals surface area contributed by atoms with Crippen molar-refractivity contribution in [1.82, 2.24) is 19.6 Å². The Morgan fingerprint density at radius 2 is 1.93 bits per heavy atom. The number of aromatic nitrogens is 4. The van der Waals surface area contributed by atoms with Crippen LogP contribution in [0, 0.1) is 0 Å². The van der Waals surface area contributed by atoms with Crippen LogP contribution in [-0.4, -0.2) is 31.9 Å². The van der Waals surface area contributed by atoms with E-state index in [2.05, 4.69) is 28.1 Å². The minimum Gasteiger partial charge on any atom is -0.492 e. The number of benzene rings is 2. The summed E-state index contributed by atoms with van der Waals surface area (Å²) in [5.74, 6) is 2.12. The lowest BCUT2D eigenvalue weighted by molar-refractivity contribution is 0.340. The maximum absolute atomic E-state index is 11.8. The first-order valence-electron chi connectivity index (χ1n) is 9.23. The van der Waals surface area contributed by atoms with Gasteiger partial charge < -0.3 is 4.74 Å². The molecule has 6 nitrogen and oxygen atoms in total. The van der Waals surface area contributed by atoms with Crippen molar-refractivity contribution in [3.63, 3.8) is 0 Å². The molecule has 0 spiro atoms. The van der Waals surface area contributed by atoms with Crippen molar-refractivity contribution in [2.75, 3.05) is 12.4 Å². The summed E-state index contributed by atoms with van der Waals surface area (Å²) < 4.78 is 7.54. The zero-order valence-electron chi connectivity index (χ0n) is 15.8. The molecule has 0 saturated heterocycles. The van der Waals surface area contributed by atoms with Gasteiger partial charge in [-0.05, 0) is 42.3 Å². The Morgan fingerprint density at radius 3 is 2.72 bits per heavy atom. The highest BCUT2D eigenvalue weighted by Crippen LogP contribution is 2.23. The SMILES string of the molecule is CCc1ccccc1OCCSc1nc(-c2ccc(Cl)cc2)nc2cc(=O)[nH]n12. The van der Waals surface area contributed by atoms with Crippen molar-refractivity contribution in [2.45, 2.75) is 18.5 Å². The summed E-state index contributed by atoms with van der Waals surface area (Å²) in [7, 11) is 0. The van der Waals surface area contributed by atoms with Crippen LogP contribution in [0.4, 0.5) is 0 Å². The molecule has 1 N–H and O–H groups in total. The second kappa shape index (κ2) is 8.71. The van der Waals surface area contributed by atoms with Gasteiger partial charge >= 0.3 is 0 Å². The van der Waals surface area contributed by atoms with Gasteiger partial charge in [-0.2, -0.15) is 0 Å². The number of nitrogens with one attached hydrogen (secondary N) is 1. The minimum atomic E-state index is -0.220. The van der Waals surface area contributed by atoms with Crippen molar-refractivity contribution < 1.29 is 4.74 Å². The van der Waals surface area contributed by atoms with Gasteiger partial charge in [-0.25, -0.2) is 14.5 Å². The van der Waals surface area contributed by atoms with Crippen molar-refractivity contribution >= 4 is 29.0 Å². The van der Waals surface area contributed by atoms with E-state index in [4.69, 9.17) is 16.3 Å². The number of rotatable bonds is 7. The highest BCUT2D eigenvalue weighted by atomic mass is 35.5. The van der Waals surface area contributed by atoms with Gasteiger partial charge in [-0.15, -0.1) is 0 Å². The fourth-order valence-corrected chi connectivity index (χ4v) is 3.82. The Hall–Kier alpha value is -2.77. The topological polar surface area (TPSA) is 72.3 Å². The number of thioether (sulfide) groups is 1. The zero-order chi connectivity index (χ0) is 20.2. The zero-order valence-corrected chi connectivity index (χ0v) is 17.3. The van der Waals surface area contributed by atoms with Gasteiger partial charge in [0, 0.05) is 22.4 Å². The third-order valence-corrected chi connectivity index (χ3v) is 5.51. The predicted octanol–water partition coefficient (Wildman–Crippen LogP) is 4.47. The van der Waals surface area contributed by atoms with E-state index >= 15 is 0 Å². The molecule has 0 bridgehead atoms. The van der Waals surface area contributed by atoms with Crippen LogP contribution in [0.5, 0.6) is 5.75 Å². The molecule has 148 valence electrons. The van der Waals surface area contributed by atoms with Crippen LogP contribution in [0.3, 0.4) is 0 Å². The molecule has 0 radical (unpaired) electrons. The molecule has 0 aliphatic rings. The van der Waals surface area contributed by atoms with Crippen LogP contribution in [-0.2, 0) is 6.42 Å². The summed E-state index contributed by atoms with van der Waals surface area (Å²) in [6.45, 7) is 2.63. The molecule has 0 fully saturated rings. The molecule has 2 aromatic heterocycles. The molecule has 0 unspecified atom stereocenters. The van der Waals surface area contributed by atoms with E-state index in [0.29, 0.717) is 34.0 Å². The summed E-state index contributed by atoms with van der Waals surface area (Å²) in [5.41, 5.74) is 2.32. The van der Waals surface area contributed by atoms with Crippen LogP contribution in [0.2, 0.25) is 5.02 Å². The molecular weight excluding hydrogens is 408 g/mol. The largest absolute Gasteiger partial charge is 0.492 e. The summed E-state index contributed by atoms with van der Waals surface area (Å²) in [6.07, 6.45) is 0.922. The molecule has 2 aromatic carbocycles. The van der Waals surface area contributed by atoms with E-state index in [-0.39, 0.29) is 5.56 Å². The van der Waals surface area contributed by atoms with Crippen LogP contribution in [0.15, 0.2) is 64.5 Å². The van der Waals surface area contributed by atoms with Gasteiger partial charge in [0.2, 0.25) is 0 Å². The summed E-state index contributed by atoms with van der Waals surface area (Å²) >= 11 is 7.47. The lowest BCUT2D eigenvalue weighted by atomic mass is 10.1. The smallest absolute Gasteiger partial charge is 0.266 e. The fourth-order valence-electron chi connectivity index (χ4n) is 2.93. The van der Waals surface area contributed by atoms with Gasteiger partial charge in [0.25, 0.3) is 5.56 Å². The number of hydrogen-bond donors (Lipinski definition) is 1. The highest BCUT2D eigenvalue weighted by molar-refractivity contribution is 7.99. The first-order chi connectivity index (χ1) is 14.1. The molecule has 0 saturated carbocycles. The number of aromatic amines is 1. The van der Waals surface area contributed by atoms with E-state index in [9.17, 15) is 4.79 Å². The van der Waals surface area contributed by atoms with Crippen molar-refractivity contribution in [3.05, 3.63) is 75.5 Å². The highest BCUT2D eigenvalue weighted by Gasteiger charge is 2.12. The monoisotopic (exact) mass is 426 g/mol. The number of fused-ring (bicyclic) bond motifs is 1. The third-order valence-electron chi connectivity index (χ3n) is 4.35. The van der Waals surface area contributed by atoms with Crippen molar-refractivity contribution in [3.8, 4) is 17.1 Å². The lowest BCUT2D eigenvalue weighted by Crippen LogP contribution is -2.07. The number of hydrogen-bond acceptors (Lipinski definition) is 5. The lowest BCUT2D eigenvalue weighted by Gasteiger charge is -2.11. The number of para-hydroxylation sites is 1. The average molecular weight is 427 g/mol. The van der Waals surface area contributed by atoms with Gasteiger partial charge in [0.05, 0.1) is 6.61 Å². The van der Waals surface area contributed by atoms with Crippen LogP contribution < -0.4 is 10.3 Å². The third kappa shape index (κ3) is 4.46. The minimum absolute atomic E-state index is 0.220. The fraction of sp³-hybridized carbons (Fsp3) is 0.190. The van der Waals surface area contributed by atoms with E-state index in [1.54, 1.807) is 16.6 Å². The van der Waals surface area contributed by atoms with Crippen molar-refractivity contribution in [2.24, 2.45) is 0 Å². The number of ether oxygens (including phenoxy) is 1. The number of nitrogens with zero attached hydrogens (tertiary/aromatic N) is 3. The summed E-state index contributed by atoms with van der Waals surface area (Å²) in [5, 5.41) is 4.04. The number of H-pyrrole nitrogens is 1. The van der Waals surface area contributed by atoms with Crippen LogP contribution >= 0.6 is 23.4 Å². The second-order valence-corrected chi connectivity index (χ2v) is 7.81. The Morgan fingerprint density at radius 1 is 1.14 bits per heavy atom. The molecule has 8 heteroatoms. The van der Waals surface area contributed by atoms with E-state index in [1.807, 2.05) is 30.3 Å². The number of aryl methyl sites for hydroxylation is 1. The Kier molecular flexibility index (Phi) is 5.87. The maximum Gasteiger partial charge on any atom is 0.266 e. The molecule has 0 aliphatic carbocycles. The standard InChI is InChI=1S/C21H19ClN4O2S/c1-2-14-5-3-4-6-17(14)28-11-12-29-21-24-20(15-7-9-16(22)10-8-15)23-18-13-19(27)25-26(18)21/h3-10,13H,2,11-12H2,1H3,(H,25,27). The molecule has 0 amide bonds. The average Bonchev–Trinajstić information content (AvgIpc) is 3.12. The van der Waals surface area contributed by atoms with E-state index in [0.717, 1.165) is 17.7 Å². The first kappa shape index (κ1) is 19.5. The molecule has 0 atom stereocenters. The first-order valence-corrected chi connectivity index (χ1v) is 10.6. The molecule has 29 heavy (non-hydrogen) atoms. The normalized spacial score (nSPS) is 11.1. The molecule has 4 rings (SSSR count). The van der Waals surface area contributed by atoms with E-state index in [1.165, 1.54) is 23.4 Å². The molecule has 2 heterocycles. The summed E-state index contributed by atoms with van der Waals surface area (Å²) in [6, 6.07) is 16.8. The Balaban J connectivity index is 1.54. The van der Waals surface area contributed by atoms with Gasteiger partial charge in [-0.1, -0.05) is 48.5 Å². The molecule has 4 aromatic rings.